The highest BCUT2D eigenvalue weighted by Crippen LogP contribution is 2.36. The fourth-order valence-electron chi connectivity index (χ4n) is 2.54. The summed E-state index contributed by atoms with van der Waals surface area (Å²) in [7, 11) is -0.258. The summed E-state index contributed by atoms with van der Waals surface area (Å²) in [6.07, 6.45) is -0.454. The molecule has 0 radical (unpaired) electrons. The van der Waals surface area contributed by atoms with Gasteiger partial charge in [-0.1, -0.05) is 6.07 Å². The minimum Gasteiger partial charge on any atom is -0.469 e. The summed E-state index contributed by atoms with van der Waals surface area (Å²) in [6.45, 7) is 5.54. The largest absolute Gasteiger partial charge is 0.469 e. The molecule has 1 N–H and O–H groups in total. The lowest BCUT2D eigenvalue weighted by Crippen LogP contribution is -2.50. The lowest BCUT2D eigenvalue weighted by molar-refractivity contribution is -0.143. The van der Waals surface area contributed by atoms with E-state index in [9.17, 15) is 13.8 Å². The van der Waals surface area contributed by atoms with Crippen molar-refractivity contribution in [3.8, 4) is 0 Å². The summed E-state index contributed by atoms with van der Waals surface area (Å²) in [6, 6.07) is 7.23. The normalized spacial score (nSPS) is 14.9. The van der Waals surface area contributed by atoms with Crippen molar-refractivity contribution in [2.45, 2.75) is 43.9 Å². The van der Waals surface area contributed by atoms with Gasteiger partial charge < -0.3 is 4.74 Å². The molecule has 0 amide bonds. The van der Waals surface area contributed by atoms with Crippen molar-refractivity contribution in [3.63, 3.8) is 0 Å². The average Bonchev–Trinajstić information content (AvgIpc) is 3.15. The van der Waals surface area contributed by atoms with Crippen LogP contribution in [0.25, 0.3) is 0 Å². The maximum absolute atomic E-state index is 13.1. The number of hydrogen-bond acceptors (Lipinski definition) is 6. The van der Waals surface area contributed by atoms with E-state index < -0.39 is 27.2 Å². The van der Waals surface area contributed by atoms with Crippen LogP contribution in [0, 0.1) is 0 Å². The van der Waals surface area contributed by atoms with Gasteiger partial charge >= 0.3 is 5.97 Å². The van der Waals surface area contributed by atoms with Gasteiger partial charge in [0.25, 0.3) is 0 Å². The average molecular weight is 487 g/mol. The van der Waals surface area contributed by atoms with Crippen LogP contribution in [0.2, 0.25) is 0 Å². The van der Waals surface area contributed by atoms with Crippen molar-refractivity contribution in [3.05, 3.63) is 50.9 Å². The molecule has 2 heterocycles. The van der Waals surface area contributed by atoms with E-state index in [-0.39, 0.29) is 18.6 Å². The molecule has 0 spiro atoms. The number of methoxy groups -OCH3 is 1. The Morgan fingerprint density at radius 2 is 2.00 bits per heavy atom. The van der Waals surface area contributed by atoms with Crippen LogP contribution in [0.3, 0.4) is 0 Å². The Labute approximate surface area is 179 Å². The predicted molar refractivity (Wildman–Crippen MR) is 114 cm³/mol. The van der Waals surface area contributed by atoms with Crippen molar-refractivity contribution in [1.29, 1.82) is 0 Å². The van der Waals surface area contributed by atoms with Crippen molar-refractivity contribution in [2.24, 2.45) is 0 Å². The second-order valence-electron chi connectivity index (χ2n) is 7.21. The summed E-state index contributed by atoms with van der Waals surface area (Å²) in [5, 5.41) is 3.77. The fraction of sp³-hybridized carbons (Fsp3) is 0.421. The molecule has 0 aromatic carbocycles. The van der Waals surface area contributed by atoms with Crippen LogP contribution in [0.15, 0.2) is 39.6 Å². The second-order valence-corrected chi connectivity index (χ2v) is 10.8. The zero-order chi connectivity index (χ0) is 20.9. The molecule has 2 atom stereocenters. The van der Waals surface area contributed by atoms with E-state index in [0.717, 1.165) is 5.56 Å². The number of thiophene rings is 1. The molecule has 0 aliphatic carbocycles. The molecule has 2 aromatic heterocycles. The van der Waals surface area contributed by atoms with Crippen molar-refractivity contribution in [1.82, 2.24) is 9.71 Å². The van der Waals surface area contributed by atoms with Gasteiger partial charge in [-0.2, -0.15) is 11.3 Å². The van der Waals surface area contributed by atoms with Gasteiger partial charge in [0.1, 0.15) is 22.3 Å². The number of nitrogens with zero attached hydrogens (tertiary/aromatic N) is 1. The molecule has 0 saturated carbocycles. The molecule has 0 aliphatic rings. The van der Waals surface area contributed by atoms with Gasteiger partial charge in [-0.3, -0.25) is 9.59 Å². The number of nitrogens with one attached hydrogen (secondary N) is 1. The maximum Gasteiger partial charge on any atom is 0.313 e. The van der Waals surface area contributed by atoms with E-state index >= 15 is 0 Å². The Hall–Kier alpha value is -1.42. The van der Waals surface area contributed by atoms with Crippen LogP contribution in [0.5, 0.6) is 0 Å². The molecular weight excluding hydrogens is 464 g/mol. The third kappa shape index (κ3) is 5.56. The van der Waals surface area contributed by atoms with Gasteiger partial charge in [0.2, 0.25) is 0 Å². The van der Waals surface area contributed by atoms with Crippen LogP contribution in [-0.2, 0) is 30.9 Å². The van der Waals surface area contributed by atoms with E-state index in [2.05, 4.69) is 30.4 Å². The standard InChI is InChI=1S/C19H23BrN2O4S2/c1-18(2,3)28(25)22-19(13-8-9-27-12-13,11-14(23)10-17(24)26-4)15-6-5-7-16(20)21-15/h5-9,12,22H,10-11H2,1-4H3. The van der Waals surface area contributed by atoms with Crippen LogP contribution in [0.1, 0.15) is 44.9 Å². The first-order chi connectivity index (χ1) is 13.1. The zero-order valence-electron chi connectivity index (χ0n) is 16.2. The molecule has 0 saturated heterocycles. The van der Waals surface area contributed by atoms with E-state index in [1.165, 1.54) is 18.4 Å². The Kier molecular flexibility index (Phi) is 7.66. The first-order valence-corrected chi connectivity index (χ1v) is 11.4. The van der Waals surface area contributed by atoms with E-state index in [4.69, 9.17) is 0 Å². The molecule has 2 unspecified atom stereocenters. The lowest BCUT2D eigenvalue weighted by Gasteiger charge is -2.35. The topological polar surface area (TPSA) is 85.4 Å². The van der Waals surface area contributed by atoms with Crippen LogP contribution >= 0.6 is 27.3 Å². The van der Waals surface area contributed by atoms with Gasteiger partial charge in [-0.05, 0) is 71.2 Å². The number of carbonyl (C=O) groups is 2. The zero-order valence-corrected chi connectivity index (χ0v) is 19.4. The van der Waals surface area contributed by atoms with E-state index in [1.54, 1.807) is 18.2 Å². The number of carbonyl (C=O) groups excluding carboxylic acids is 2. The number of ether oxygens (including phenoxy) is 1. The highest BCUT2D eigenvalue weighted by atomic mass is 79.9. The molecule has 0 aliphatic heterocycles. The third-order valence-corrected chi connectivity index (χ3v) is 6.79. The van der Waals surface area contributed by atoms with Crippen LogP contribution in [-0.4, -0.2) is 32.8 Å². The molecule has 2 aromatic rings. The van der Waals surface area contributed by atoms with Gasteiger partial charge in [0.15, 0.2) is 0 Å². The number of esters is 1. The van der Waals surface area contributed by atoms with Gasteiger partial charge in [-0.25, -0.2) is 13.9 Å². The molecule has 28 heavy (non-hydrogen) atoms. The van der Waals surface area contributed by atoms with E-state index in [0.29, 0.717) is 10.3 Å². The smallest absolute Gasteiger partial charge is 0.313 e. The first kappa shape index (κ1) is 22.9. The molecule has 2 rings (SSSR count). The molecule has 6 nitrogen and oxygen atoms in total. The number of halogens is 1. The van der Waals surface area contributed by atoms with Crippen molar-refractivity contribution >= 4 is 50.0 Å². The van der Waals surface area contributed by atoms with Crippen LogP contribution in [0.4, 0.5) is 0 Å². The molecule has 0 bridgehead atoms. The Morgan fingerprint density at radius 1 is 1.29 bits per heavy atom. The van der Waals surface area contributed by atoms with Crippen LogP contribution < -0.4 is 4.72 Å². The number of pyridine rings is 1. The number of aromatic nitrogens is 1. The Morgan fingerprint density at radius 3 is 2.54 bits per heavy atom. The summed E-state index contributed by atoms with van der Waals surface area (Å²) in [5.74, 6) is -0.943. The first-order valence-electron chi connectivity index (χ1n) is 8.52. The Bertz CT molecular complexity index is 865. The summed E-state index contributed by atoms with van der Waals surface area (Å²) < 4.78 is 20.9. The molecule has 0 fully saturated rings. The minimum absolute atomic E-state index is 0.0931. The van der Waals surface area contributed by atoms with E-state index in [1.807, 2.05) is 37.6 Å². The minimum atomic E-state index is -1.50. The SMILES string of the molecule is COC(=O)CC(=O)CC(NS(=O)C(C)(C)C)(c1ccsc1)c1cccc(Br)n1. The highest BCUT2D eigenvalue weighted by Gasteiger charge is 2.42. The number of Topliss-reactive ketones (excluding diaryl/α,β-unsaturated/α-hetero) is 1. The van der Waals surface area contributed by atoms with Crippen molar-refractivity contribution in [2.75, 3.05) is 7.11 Å². The van der Waals surface area contributed by atoms with Gasteiger partial charge in [0, 0.05) is 6.42 Å². The van der Waals surface area contributed by atoms with Gasteiger partial charge in [-0.15, -0.1) is 0 Å². The molecule has 152 valence electrons. The molecular formula is C19H23BrN2O4S2. The predicted octanol–water partition coefficient (Wildman–Crippen LogP) is 3.72. The number of hydrogen-bond donors (Lipinski definition) is 1. The second kappa shape index (κ2) is 9.39. The fourth-order valence-corrected chi connectivity index (χ4v) is 4.53. The summed E-state index contributed by atoms with van der Waals surface area (Å²) >= 11 is 4.83. The van der Waals surface area contributed by atoms with Crippen molar-refractivity contribution < 1.29 is 18.5 Å². The monoisotopic (exact) mass is 486 g/mol. The quantitative estimate of drug-likeness (QED) is 0.349. The number of rotatable bonds is 8. The van der Waals surface area contributed by atoms with Gasteiger partial charge in [0.05, 0.1) is 28.5 Å². The summed E-state index contributed by atoms with van der Waals surface area (Å²) in [4.78, 5) is 28.9. The third-order valence-electron chi connectivity index (χ3n) is 4.02. The summed E-state index contributed by atoms with van der Waals surface area (Å²) in [5.41, 5.74) is 0.155. The lowest BCUT2D eigenvalue weighted by atomic mass is 9.83. The maximum atomic E-state index is 13.1. The Balaban J connectivity index is 2.60. The molecule has 9 heteroatoms. The highest BCUT2D eigenvalue weighted by molar-refractivity contribution is 9.10. The number of ketones is 1.